The molecule has 84 valence electrons. The van der Waals surface area contributed by atoms with Crippen molar-refractivity contribution in [2.45, 2.75) is 6.04 Å². The lowest BCUT2D eigenvalue weighted by Crippen LogP contribution is -2.12. The van der Waals surface area contributed by atoms with Crippen LogP contribution >= 0.6 is 11.3 Å². The smallest absolute Gasteiger partial charge is 0.165 e. The highest BCUT2D eigenvalue weighted by Gasteiger charge is 2.17. The summed E-state index contributed by atoms with van der Waals surface area (Å²) in [4.78, 5) is 0.990. The standard InChI is InChI=1S/C12H12FNOS/c1-15-12-8(4-2-5-9(12)13)11(14)10-6-3-7-16-10/h2-7,11H,14H2,1H3/t11-/m1/s1. The zero-order chi connectivity index (χ0) is 11.5. The summed E-state index contributed by atoms with van der Waals surface area (Å²) in [5, 5.41) is 1.95. The van der Waals surface area contributed by atoms with Gasteiger partial charge in [0.25, 0.3) is 0 Å². The van der Waals surface area contributed by atoms with E-state index in [0.717, 1.165) is 4.88 Å². The second-order valence-corrected chi connectivity index (χ2v) is 4.33. The predicted octanol–water partition coefficient (Wildman–Crippen LogP) is 2.94. The van der Waals surface area contributed by atoms with Crippen molar-refractivity contribution in [3.8, 4) is 5.75 Å². The van der Waals surface area contributed by atoms with Crippen molar-refractivity contribution in [2.75, 3.05) is 7.11 Å². The zero-order valence-corrected chi connectivity index (χ0v) is 9.63. The van der Waals surface area contributed by atoms with Crippen molar-refractivity contribution < 1.29 is 9.13 Å². The first kappa shape index (κ1) is 11.1. The second-order valence-electron chi connectivity index (χ2n) is 3.36. The van der Waals surface area contributed by atoms with Crippen molar-refractivity contribution in [1.29, 1.82) is 0 Å². The van der Waals surface area contributed by atoms with E-state index in [2.05, 4.69) is 0 Å². The number of ether oxygens (including phenoxy) is 1. The van der Waals surface area contributed by atoms with Crippen LogP contribution in [0.3, 0.4) is 0 Å². The molecule has 1 aromatic heterocycles. The van der Waals surface area contributed by atoms with Crippen LogP contribution in [-0.2, 0) is 0 Å². The molecule has 0 aliphatic rings. The Labute approximate surface area is 97.5 Å². The lowest BCUT2D eigenvalue weighted by Gasteiger charge is -2.14. The molecule has 2 aromatic rings. The molecule has 4 heteroatoms. The average Bonchev–Trinajstić information content (AvgIpc) is 2.81. The number of methoxy groups -OCH3 is 1. The van der Waals surface area contributed by atoms with Crippen LogP contribution in [0.25, 0.3) is 0 Å². The molecule has 0 saturated heterocycles. The molecule has 0 radical (unpaired) electrons. The third kappa shape index (κ3) is 1.94. The van der Waals surface area contributed by atoms with Gasteiger partial charge in [-0.15, -0.1) is 11.3 Å². The molecule has 2 N–H and O–H groups in total. The first-order chi connectivity index (χ1) is 7.74. The highest BCUT2D eigenvalue weighted by atomic mass is 32.1. The highest BCUT2D eigenvalue weighted by molar-refractivity contribution is 7.10. The quantitative estimate of drug-likeness (QED) is 0.890. The Morgan fingerprint density at radius 2 is 2.12 bits per heavy atom. The normalized spacial score (nSPS) is 12.4. The summed E-state index contributed by atoms with van der Waals surface area (Å²) < 4.78 is 18.5. The molecule has 2 nitrogen and oxygen atoms in total. The predicted molar refractivity (Wildman–Crippen MR) is 63.3 cm³/mol. The number of thiophene rings is 1. The SMILES string of the molecule is COc1c(F)cccc1[C@@H](N)c1cccs1. The van der Waals surface area contributed by atoms with Gasteiger partial charge in [0, 0.05) is 10.4 Å². The molecule has 0 aliphatic heterocycles. The number of halogens is 1. The van der Waals surface area contributed by atoms with E-state index >= 15 is 0 Å². The lowest BCUT2D eigenvalue weighted by molar-refractivity contribution is 0.380. The van der Waals surface area contributed by atoms with Gasteiger partial charge < -0.3 is 10.5 Å². The molecule has 0 fully saturated rings. The van der Waals surface area contributed by atoms with Crippen molar-refractivity contribution in [3.05, 3.63) is 52.0 Å². The van der Waals surface area contributed by atoms with Crippen LogP contribution in [0.5, 0.6) is 5.75 Å². The number of rotatable bonds is 3. The van der Waals surface area contributed by atoms with E-state index in [4.69, 9.17) is 10.5 Å². The lowest BCUT2D eigenvalue weighted by atomic mass is 10.0. The molecule has 1 atom stereocenters. The minimum Gasteiger partial charge on any atom is -0.493 e. The molecule has 2 rings (SSSR count). The zero-order valence-electron chi connectivity index (χ0n) is 8.81. The van der Waals surface area contributed by atoms with Gasteiger partial charge in [-0.05, 0) is 17.5 Å². The van der Waals surface area contributed by atoms with E-state index in [-0.39, 0.29) is 17.6 Å². The molecule has 1 heterocycles. The summed E-state index contributed by atoms with van der Waals surface area (Å²) in [5.74, 6) is -0.157. The van der Waals surface area contributed by atoms with Gasteiger partial charge in [-0.2, -0.15) is 0 Å². The molecule has 0 aliphatic carbocycles. The maximum Gasteiger partial charge on any atom is 0.165 e. The van der Waals surface area contributed by atoms with Crippen LogP contribution in [0.1, 0.15) is 16.5 Å². The van der Waals surface area contributed by atoms with Gasteiger partial charge in [-0.3, -0.25) is 0 Å². The molecule has 1 aromatic carbocycles. The van der Waals surface area contributed by atoms with Gasteiger partial charge in [0.1, 0.15) is 0 Å². The molecule has 0 saturated carbocycles. The van der Waals surface area contributed by atoms with Gasteiger partial charge in [0.15, 0.2) is 11.6 Å². The van der Waals surface area contributed by atoms with E-state index in [1.807, 2.05) is 17.5 Å². The molecule has 0 bridgehead atoms. The summed E-state index contributed by atoms with van der Waals surface area (Å²) in [6.07, 6.45) is 0. The maximum absolute atomic E-state index is 13.5. The van der Waals surface area contributed by atoms with Gasteiger partial charge in [0.2, 0.25) is 0 Å². The summed E-state index contributed by atoms with van der Waals surface area (Å²) >= 11 is 1.55. The summed E-state index contributed by atoms with van der Waals surface area (Å²) in [7, 11) is 1.45. The first-order valence-corrected chi connectivity index (χ1v) is 5.73. The largest absolute Gasteiger partial charge is 0.493 e. The number of hydrogen-bond acceptors (Lipinski definition) is 3. The Hall–Kier alpha value is -1.39. The Morgan fingerprint density at radius 1 is 1.31 bits per heavy atom. The van der Waals surface area contributed by atoms with Crippen molar-refractivity contribution in [1.82, 2.24) is 0 Å². The van der Waals surface area contributed by atoms with E-state index in [1.54, 1.807) is 23.5 Å². The topological polar surface area (TPSA) is 35.2 Å². The average molecular weight is 237 g/mol. The minimum absolute atomic E-state index is 0.225. The van der Waals surface area contributed by atoms with Crippen LogP contribution in [0.2, 0.25) is 0 Å². The van der Waals surface area contributed by atoms with Gasteiger partial charge in [0.05, 0.1) is 13.2 Å². The number of benzene rings is 1. The van der Waals surface area contributed by atoms with Gasteiger partial charge >= 0.3 is 0 Å². The third-order valence-corrected chi connectivity index (χ3v) is 3.34. The number of nitrogens with two attached hydrogens (primary N) is 1. The third-order valence-electron chi connectivity index (χ3n) is 2.39. The first-order valence-electron chi connectivity index (χ1n) is 4.85. The maximum atomic E-state index is 13.5. The molecule has 0 amide bonds. The summed E-state index contributed by atoms with van der Waals surface area (Å²) in [6, 6.07) is 8.30. The van der Waals surface area contributed by atoms with Crippen molar-refractivity contribution in [3.63, 3.8) is 0 Å². The van der Waals surface area contributed by atoms with Crippen molar-refractivity contribution >= 4 is 11.3 Å². The van der Waals surface area contributed by atoms with E-state index < -0.39 is 0 Å². The summed E-state index contributed by atoms with van der Waals surface area (Å²) in [6.45, 7) is 0. The highest BCUT2D eigenvalue weighted by Crippen LogP contribution is 2.32. The molecular formula is C12H12FNOS. The van der Waals surface area contributed by atoms with Crippen LogP contribution in [0.15, 0.2) is 35.7 Å². The van der Waals surface area contributed by atoms with Crippen LogP contribution in [0, 0.1) is 5.82 Å². The Balaban J connectivity index is 2.44. The Bertz CT molecular complexity index is 470. The fourth-order valence-electron chi connectivity index (χ4n) is 1.61. The molecule has 16 heavy (non-hydrogen) atoms. The van der Waals surface area contributed by atoms with E-state index in [1.165, 1.54) is 13.2 Å². The summed E-state index contributed by atoms with van der Waals surface area (Å²) in [5.41, 5.74) is 6.74. The minimum atomic E-state index is -0.382. The van der Waals surface area contributed by atoms with E-state index in [0.29, 0.717) is 5.56 Å². The van der Waals surface area contributed by atoms with Gasteiger partial charge in [-0.1, -0.05) is 18.2 Å². The molecule has 0 spiro atoms. The monoisotopic (exact) mass is 237 g/mol. The number of para-hydroxylation sites is 1. The number of hydrogen-bond donors (Lipinski definition) is 1. The van der Waals surface area contributed by atoms with Crippen LogP contribution < -0.4 is 10.5 Å². The molecular weight excluding hydrogens is 225 g/mol. The Morgan fingerprint density at radius 3 is 2.75 bits per heavy atom. The van der Waals surface area contributed by atoms with Crippen molar-refractivity contribution in [2.24, 2.45) is 5.73 Å². The van der Waals surface area contributed by atoms with E-state index in [9.17, 15) is 4.39 Å². The fraction of sp³-hybridized carbons (Fsp3) is 0.167. The Kier molecular flexibility index (Phi) is 3.22. The molecule has 0 unspecified atom stereocenters. The second kappa shape index (κ2) is 4.63. The fourth-order valence-corrected chi connectivity index (χ4v) is 2.35. The van der Waals surface area contributed by atoms with Crippen LogP contribution in [0.4, 0.5) is 4.39 Å². The van der Waals surface area contributed by atoms with Gasteiger partial charge in [-0.25, -0.2) is 4.39 Å². The van der Waals surface area contributed by atoms with Crippen LogP contribution in [-0.4, -0.2) is 7.11 Å².